The third kappa shape index (κ3) is 3.36. The number of hydrogen-bond acceptors (Lipinski definition) is 6. The van der Waals surface area contributed by atoms with Gasteiger partial charge in [-0.3, -0.25) is 15.3 Å². The van der Waals surface area contributed by atoms with Crippen LogP contribution in [-0.2, 0) is 0 Å². The molecule has 7 heteroatoms. The lowest BCUT2D eigenvalue weighted by molar-refractivity contribution is 0.262. The van der Waals surface area contributed by atoms with Gasteiger partial charge in [0.2, 0.25) is 5.95 Å². The Labute approximate surface area is 176 Å². The fraction of sp³-hybridized carbons (Fsp3) is 0.522. The van der Waals surface area contributed by atoms with Crippen molar-refractivity contribution >= 4 is 11.6 Å². The summed E-state index contributed by atoms with van der Waals surface area (Å²) in [7, 11) is 0. The molecule has 0 spiro atoms. The molecule has 1 aliphatic carbocycles. The minimum atomic E-state index is 0.647. The SMILES string of the molecule is C[C@H]1C[C@@H](C2CNNC2)CN(c2nccc(-c3cnc4ccc(C5CC5)cn34)n2)C1. The molecule has 5 heterocycles. The molecule has 156 valence electrons. The summed E-state index contributed by atoms with van der Waals surface area (Å²) in [6.07, 6.45) is 9.96. The zero-order valence-corrected chi connectivity index (χ0v) is 17.5. The maximum absolute atomic E-state index is 5.00. The number of aromatic nitrogens is 4. The Morgan fingerprint density at radius 1 is 1.00 bits per heavy atom. The molecule has 0 aromatic carbocycles. The fourth-order valence-electron chi connectivity index (χ4n) is 5.20. The standard InChI is InChI=1S/C23H29N7/c1-15-8-18(19-9-26-27-10-19)13-29(12-15)23-24-7-6-20(28-23)21-11-25-22-5-4-17(14-30(21)22)16-2-3-16/h4-7,11,14-16,18-19,26-27H,2-3,8-10,12-13H2,1H3/t15-,18+/m0/s1. The molecule has 3 fully saturated rings. The average molecular weight is 404 g/mol. The lowest BCUT2D eigenvalue weighted by Gasteiger charge is -2.38. The van der Waals surface area contributed by atoms with E-state index in [1.807, 2.05) is 18.5 Å². The van der Waals surface area contributed by atoms with E-state index in [9.17, 15) is 0 Å². The van der Waals surface area contributed by atoms with Crippen molar-refractivity contribution in [2.75, 3.05) is 31.1 Å². The number of fused-ring (bicyclic) bond motifs is 1. The first-order chi connectivity index (χ1) is 14.7. The van der Waals surface area contributed by atoms with Gasteiger partial charge in [0.05, 0.1) is 17.6 Å². The van der Waals surface area contributed by atoms with Crippen molar-refractivity contribution in [2.24, 2.45) is 17.8 Å². The van der Waals surface area contributed by atoms with Gasteiger partial charge in [-0.2, -0.15) is 0 Å². The molecule has 7 nitrogen and oxygen atoms in total. The molecule has 3 aromatic heterocycles. The van der Waals surface area contributed by atoms with E-state index in [4.69, 9.17) is 4.98 Å². The van der Waals surface area contributed by atoms with Gasteiger partial charge in [-0.25, -0.2) is 15.0 Å². The second kappa shape index (κ2) is 7.32. The minimum absolute atomic E-state index is 0.647. The minimum Gasteiger partial charge on any atom is -0.340 e. The van der Waals surface area contributed by atoms with Gasteiger partial charge in [0, 0.05) is 38.6 Å². The quantitative estimate of drug-likeness (QED) is 0.698. The number of imidazole rings is 1. The van der Waals surface area contributed by atoms with E-state index in [0.29, 0.717) is 17.8 Å². The van der Waals surface area contributed by atoms with Gasteiger partial charge in [-0.1, -0.05) is 13.0 Å². The third-order valence-electron chi connectivity index (χ3n) is 6.98. The molecule has 2 atom stereocenters. The van der Waals surface area contributed by atoms with E-state index < -0.39 is 0 Å². The van der Waals surface area contributed by atoms with Crippen molar-refractivity contribution in [1.29, 1.82) is 0 Å². The predicted molar refractivity (Wildman–Crippen MR) is 117 cm³/mol. The van der Waals surface area contributed by atoms with Gasteiger partial charge >= 0.3 is 0 Å². The maximum atomic E-state index is 5.00. The van der Waals surface area contributed by atoms with Crippen LogP contribution in [0, 0.1) is 17.8 Å². The van der Waals surface area contributed by atoms with Crippen LogP contribution in [0.4, 0.5) is 5.95 Å². The van der Waals surface area contributed by atoms with E-state index in [0.717, 1.165) is 55.1 Å². The molecule has 0 amide bonds. The zero-order chi connectivity index (χ0) is 20.1. The van der Waals surface area contributed by atoms with Crippen LogP contribution in [0.3, 0.4) is 0 Å². The first-order valence-corrected chi connectivity index (χ1v) is 11.3. The summed E-state index contributed by atoms with van der Waals surface area (Å²) in [5.41, 5.74) is 10.9. The van der Waals surface area contributed by atoms with E-state index in [-0.39, 0.29) is 0 Å². The number of rotatable bonds is 4. The molecule has 2 aliphatic heterocycles. The molecule has 30 heavy (non-hydrogen) atoms. The summed E-state index contributed by atoms with van der Waals surface area (Å²) in [6.45, 7) is 6.50. The monoisotopic (exact) mass is 403 g/mol. The molecule has 0 radical (unpaired) electrons. The summed E-state index contributed by atoms with van der Waals surface area (Å²) >= 11 is 0. The highest BCUT2D eigenvalue weighted by atomic mass is 15.4. The normalized spacial score (nSPS) is 25.3. The Kier molecular flexibility index (Phi) is 4.46. The van der Waals surface area contributed by atoms with E-state index in [1.165, 1.54) is 24.8 Å². The van der Waals surface area contributed by atoms with E-state index >= 15 is 0 Å². The summed E-state index contributed by atoms with van der Waals surface area (Å²) in [4.78, 5) is 16.7. The van der Waals surface area contributed by atoms with Gasteiger partial charge in [0.15, 0.2) is 0 Å². The number of hydrogen-bond donors (Lipinski definition) is 2. The second-order valence-electron chi connectivity index (χ2n) is 9.38. The van der Waals surface area contributed by atoms with Gasteiger partial charge < -0.3 is 4.90 Å². The summed E-state index contributed by atoms with van der Waals surface area (Å²) < 4.78 is 2.19. The average Bonchev–Trinajstić information content (AvgIpc) is 3.31. The number of anilines is 1. The highest BCUT2D eigenvalue weighted by molar-refractivity contribution is 5.61. The number of pyridine rings is 1. The summed E-state index contributed by atoms with van der Waals surface area (Å²) in [5, 5.41) is 0. The summed E-state index contributed by atoms with van der Waals surface area (Å²) in [5.74, 6) is 3.56. The number of hydrazine groups is 1. The van der Waals surface area contributed by atoms with Crippen LogP contribution < -0.4 is 15.8 Å². The van der Waals surface area contributed by atoms with Crippen LogP contribution in [0.15, 0.2) is 36.8 Å². The Bertz CT molecular complexity index is 1050. The van der Waals surface area contributed by atoms with Crippen molar-refractivity contribution < 1.29 is 0 Å². The Morgan fingerprint density at radius 3 is 2.70 bits per heavy atom. The second-order valence-corrected chi connectivity index (χ2v) is 9.38. The van der Waals surface area contributed by atoms with Gasteiger partial charge in [-0.15, -0.1) is 0 Å². The van der Waals surface area contributed by atoms with Crippen molar-refractivity contribution in [3.8, 4) is 11.4 Å². The molecule has 2 saturated heterocycles. The van der Waals surface area contributed by atoms with Crippen molar-refractivity contribution in [2.45, 2.75) is 32.1 Å². The van der Waals surface area contributed by atoms with E-state index in [1.54, 1.807) is 0 Å². The van der Waals surface area contributed by atoms with Crippen molar-refractivity contribution in [1.82, 2.24) is 30.2 Å². The number of nitrogens with zero attached hydrogens (tertiary/aromatic N) is 5. The Balaban J connectivity index is 1.31. The van der Waals surface area contributed by atoms with Crippen molar-refractivity contribution in [3.63, 3.8) is 0 Å². The molecular weight excluding hydrogens is 374 g/mol. The van der Waals surface area contributed by atoms with Crippen LogP contribution >= 0.6 is 0 Å². The Hall–Kier alpha value is -2.51. The molecular formula is C23H29N7. The smallest absolute Gasteiger partial charge is 0.225 e. The number of piperidine rings is 1. The third-order valence-corrected chi connectivity index (χ3v) is 6.98. The first-order valence-electron chi connectivity index (χ1n) is 11.3. The lowest BCUT2D eigenvalue weighted by Crippen LogP contribution is -2.44. The largest absolute Gasteiger partial charge is 0.340 e. The molecule has 1 saturated carbocycles. The molecule has 3 aromatic rings. The van der Waals surface area contributed by atoms with Crippen LogP contribution in [-0.4, -0.2) is 45.5 Å². The van der Waals surface area contributed by atoms with Crippen LogP contribution in [0.25, 0.3) is 17.0 Å². The van der Waals surface area contributed by atoms with Crippen molar-refractivity contribution in [3.05, 3.63) is 42.4 Å². The van der Waals surface area contributed by atoms with Gasteiger partial charge in [0.1, 0.15) is 5.65 Å². The number of nitrogens with one attached hydrogen (secondary N) is 2. The Morgan fingerprint density at radius 2 is 1.87 bits per heavy atom. The molecule has 2 N–H and O–H groups in total. The first kappa shape index (κ1) is 18.3. The van der Waals surface area contributed by atoms with E-state index in [2.05, 4.69) is 55.4 Å². The highest BCUT2D eigenvalue weighted by Gasteiger charge is 2.33. The molecule has 0 unspecified atom stereocenters. The maximum Gasteiger partial charge on any atom is 0.225 e. The molecule has 3 aliphatic rings. The zero-order valence-electron chi connectivity index (χ0n) is 17.5. The fourth-order valence-corrected chi connectivity index (χ4v) is 5.20. The topological polar surface area (TPSA) is 70.4 Å². The molecule has 6 rings (SSSR count). The van der Waals surface area contributed by atoms with Crippen LogP contribution in [0.2, 0.25) is 0 Å². The predicted octanol–water partition coefficient (Wildman–Crippen LogP) is 2.86. The highest BCUT2D eigenvalue weighted by Crippen LogP contribution is 2.40. The lowest BCUT2D eigenvalue weighted by atomic mass is 9.82. The van der Waals surface area contributed by atoms with Gasteiger partial charge in [-0.05, 0) is 60.6 Å². The van der Waals surface area contributed by atoms with Crippen LogP contribution in [0.5, 0.6) is 0 Å². The van der Waals surface area contributed by atoms with Crippen LogP contribution in [0.1, 0.15) is 37.7 Å². The molecule has 0 bridgehead atoms. The summed E-state index contributed by atoms with van der Waals surface area (Å²) in [6, 6.07) is 6.35. The van der Waals surface area contributed by atoms with Gasteiger partial charge in [0.25, 0.3) is 0 Å².